The highest BCUT2D eigenvalue weighted by molar-refractivity contribution is 9.10. The number of ketones is 1. The van der Waals surface area contributed by atoms with E-state index in [1.54, 1.807) is 11.3 Å². The largest absolute Gasteiger partial charge is 0.484 e. The standard InChI is InChI=1S/C15H15BrO2S/c1-3-11-5-7-15(19-11)13(17)9-18-14-6-4-10(2)8-12(14)16/h4-8H,3,9H2,1-2H3. The first kappa shape index (κ1) is 14.3. The second-order valence-corrected chi connectivity index (χ2v) is 6.29. The number of carbonyl (C=O) groups excluding carboxylic acids is 1. The minimum Gasteiger partial charge on any atom is -0.484 e. The van der Waals surface area contributed by atoms with Gasteiger partial charge in [-0.1, -0.05) is 13.0 Å². The van der Waals surface area contributed by atoms with Crippen molar-refractivity contribution < 1.29 is 9.53 Å². The van der Waals surface area contributed by atoms with E-state index in [4.69, 9.17) is 4.74 Å². The third-order valence-electron chi connectivity index (χ3n) is 2.73. The maximum Gasteiger partial charge on any atom is 0.210 e. The third kappa shape index (κ3) is 3.67. The van der Waals surface area contributed by atoms with Gasteiger partial charge in [0.1, 0.15) is 5.75 Å². The fourth-order valence-corrected chi connectivity index (χ4v) is 3.13. The molecule has 2 rings (SSSR count). The van der Waals surface area contributed by atoms with Gasteiger partial charge in [0.05, 0.1) is 9.35 Å². The van der Waals surface area contributed by atoms with Crippen molar-refractivity contribution in [1.82, 2.24) is 0 Å². The molecule has 2 aromatic rings. The number of carbonyl (C=O) groups is 1. The Kier molecular flexibility index (Phi) is 4.77. The van der Waals surface area contributed by atoms with Crippen LogP contribution in [-0.4, -0.2) is 12.4 Å². The van der Waals surface area contributed by atoms with Crippen molar-refractivity contribution in [2.45, 2.75) is 20.3 Å². The van der Waals surface area contributed by atoms with Crippen molar-refractivity contribution in [2.75, 3.05) is 6.61 Å². The van der Waals surface area contributed by atoms with Crippen molar-refractivity contribution in [3.05, 3.63) is 50.1 Å². The van der Waals surface area contributed by atoms with E-state index >= 15 is 0 Å². The lowest BCUT2D eigenvalue weighted by molar-refractivity contribution is 0.0925. The number of aryl methyl sites for hydroxylation is 2. The molecule has 0 bridgehead atoms. The van der Waals surface area contributed by atoms with Gasteiger partial charge in [-0.15, -0.1) is 11.3 Å². The van der Waals surface area contributed by atoms with Crippen molar-refractivity contribution in [2.24, 2.45) is 0 Å². The Hall–Kier alpha value is -1.13. The second kappa shape index (κ2) is 6.35. The zero-order valence-electron chi connectivity index (χ0n) is 10.9. The molecule has 19 heavy (non-hydrogen) atoms. The van der Waals surface area contributed by atoms with Gasteiger partial charge in [0.15, 0.2) is 6.61 Å². The fourth-order valence-electron chi connectivity index (χ4n) is 1.66. The molecule has 1 aromatic heterocycles. The number of hydrogen-bond donors (Lipinski definition) is 0. The van der Waals surface area contributed by atoms with Crippen LogP contribution in [0.3, 0.4) is 0 Å². The van der Waals surface area contributed by atoms with E-state index in [-0.39, 0.29) is 12.4 Å². The van der Waals surface area contributed by atoms with Gasteiger partial charge >= 0.3 is 0 Å². The Balaban J connectivity index is 2.00. The molecule has 0 amide bonds. The zero-order valence-corrected chi connectivity index (χ0v) is 13.3. The van der Waals surface area contributed by atoms with E-state index in [1.807, 2.05) is 37.3 Å². The summed E-state index contributed by atoms with van der Waals surface area (Å²) >= 11 is 4.98. The van der Waals surface area contributed by atoms with E-state index < -0.39 is 0 Å². The molecule has 0 saturated carbocycles. The molecule has 0 atom stereocenters. The van der Waals surface area contributed by atoms with Gasteiger partial charge in [0, 0.05) is 4.88 Å². The Morgan fingerprint density at radius 2 is 2.11 bits per heavy atom. The normalized spacial score (nSPS) is 10.5. The molecule has 0 N–H and O–H groups in total. The Bertz CT molecular complexity index is 590. The topological polar surface area (TPSA) is 26.3 Å². The number of rotatable bonds is 5. The van der Waals surface area contributed by atoms with Crippen molar-refractivity contribution in [3.63, 3.8) is 0 Å². The van der Waals surface area contributed by atoms with Gasteiger partial charge in [0.25, 0.3) is 0 Å². The molecule has 0 aliphatic rings. The molecule has 0 saturated heterocycles. The van der Waals surface area contributed by atoms with Crippen LogP contribution in [0.25, 0.3) is 0 Å². The molecule has 2 nitrogen and oxygen atoms in total. The van der Waals surface area contributed by atoms with Gasteiger partial charge in [-0.25, -0.2) is 0 Å². The number of Topliss-reactive ketones (excluding diaryl/α,β-unsaturated/α-hetero) is 1. The van der Waals surface area contributed by atoms with Crippen molar-refractivity contribution in [1.29, 1.82) is 0 Å². The summed E-state index contributed by atoms with van der Waals surface area (Å²) in [7, 11) is 0. The number of benzene rings is 1. The molecule has 0 spiro atoms. The predicted octanol–water partition coefficient (Wildman–Crippen LogP) is 4.64. The predicted molar refractivity (Wildman–Crippen MR) is 82.4 cm³/mol. The van der Waals surface area contributed by atoms with Crippen LogP contribution in [0.1, 0.15) is 27.0 Å². The average Bonchev–Trinajstić information content (AvgIpc) is 2.86. The number of thiophene rings is 1. The first-order valence-corrected chi connectivity index (χ1v) is 7.72. The molecule has 0 radical (unpaired) electrons. The molecule has 100 valence electrons. The Morgan fingerprint density at radius 3 is 2.74 bits per heavy atom. The monoisotopic (exact) mass is 338 g/mol. The molecule has 4 heteroatoms. The van der Waals surface area contributed by atoms with Crippen molar-refractivity contribution >= 4 is 33.0 Å². The highest BCUT2D eigenvalue weighted by Crippen LogP contribution is 2.26. The SMILES string of the molecule is CCc1ccc(C(=O)COc2ccc(C)cc2Br)s1. The van der Waals surface area contributed by atoms with Gasteiger partial charge in [0.2, 0.25) is 5.78 Å². The minimum absolute atomic E-state index is 0.0252. The van der Waals surface area contributed by atoms with E-state index in [0.29, 0.717) is 5.75 Å². The molecule has 0 aliphatic carbocycles. The maximum absolute atomic E-state index is 12.0. The number of halogens is 1. The van der Waals surface area contributed by atoms with Gasteiger partial charge in [-0.2, -0.15) is 0 Å². The maximum atomic E-state index is 12.0. The van der Waals surface area contributed by atoms with Crippen LogP contribution in [0, 0.1) is 6.92 Å². The molecular weight excluding hydrogens is 324 g/mol. The third-order valence-corrected chi connectivity index (χ3v) is 4.62. The van der Waals surface area contributed by atoms with E-state index in [9.17, 15) is 4.79 Å². The Morgan fingerprint density at radius 1 is 1.32 bits per heavy atom. The lowest BCUT2D eigenvalue weighted by atomic mass is 10.2. The molecule has 0 unspecified atom stereocenters. The molecule has 1 aromatic carbocycles. The van der Waals surface area contributed by atoms with Gasteiger partial charge < -0.3 is 4.74 Å². The van der Waals surface area contributed by atoms with E-state index in [1.165, 1.54) is 4.88 Å². The summed E-state index contributed by atoms with van der Waals surface area (Å²) in [6.07, 6.45) is 0.961. The number of ether oxygens (including phenoxy) is 1. The second-order valence-electron chi connectivity index (χ2n) is 4.27. The fraction of sp³-hybridized carbons (Fsp3) is 0.267. The summed E-state index contributed by atoms with van der Waals surface area (Å²) in [6.45, 7) is 4.17. The van der Waals surface area contributed by atoms with Crippen LogP contribution in [0.2, 0.25) is 0 Å². The lowest BCUT2D eigenvalue weighted by Gasteiger charge is -2.07. The highest BCUT2D eigenvalue weighted by Gasteiger charge is 2.11. The van der Waals surface area contributed by atoms with Gasteiger partial charge in [-0.05, 0) is 59.1 Å². The summed E-state index contributed by atoms with van der Waals surface area (Å²) in [5.74, 6) is 0.725. The Labute approximate surface area is 125 Å². The smallest absolute Gasteiger partial charge is 0.210 e. The van der Waals surface area contributed by atoms with Gasteiger partial charge in [-0.3, -0.25) is 4.79 Å². The van der Waals surface area contributed by atoms with E-state index in [0.717, 1.165) is 21.3 Å². The molecule has 1 heterocycles. The van der Waals surface area contributed by atoms with Crippen LogP contribution >= 0.6 is 27.3 Å². The molecule has 0 aliphatic heterocycles. The average molecular weight is 339 g/mol. The molecular formula is C15H15BrO2S. The van der Waals surface area contributed by atoms with Crippen LogP contribution in [-0.2, 0) is 6.42 Å². The lowest BCUT2D eigenvalue weighted by Crippen LogP contribution is -2.10. The first-order chi connectivity index (χ1) is 9.10. The van der Waals surface area contributed by atoms with Crippen LogP contribution in [0.4, 0.5) is 0 Å². The van der Waals surface area contributed by atoms with Crippen LogP contribution in [0.5, 0.6) is 5.75 Å². The van der Waals surface area contributed by atoms with Crippen LogP contribution in [0.15, 0.2) is 34.8 Å². The summed E-state index contributed by atoms with van der Waals surface area (Å²) in [5.41, 5.74) is 1.15. The minimum atomic E-state index is 0.0252. The van der Waals surface area contributed by atoms with Crippen molar-refractivity contribution in [3.8, 4) is 5.75 Å². The quantitative estimate of drug-likeness (QED) is 0.742. The first-order valence-electron chi connectivity index (χ1n) is 6.11. The van der Waals surface area contributed by atoms with Crippen LogP contribution < -0.4 is 4.74 Å². The zero-order chi connectivity index (χ0) is 13.8. The van der Waals surface area contributed by atoms with E-state index in [2.05, 4.69) is 22.9 Å². The highest BCUT2D eigenvalue weighted by atomic mass is 79.9. The summed E-state index contributed by atoms with van der Waals surface area (Å²) in [4.78, 5) is 14.0. The summed E-state index contributed by atoms with van der Waals surface area (Å²) in [6, 6.07) is 9.68. The summed E-state index contributed by atoms with van der Waals surface area (Å²) < 4.78 is 6.44. The summed E-state index contributed by atoms with van der Waals surface area (Å²) in [5, 5.41) is 0. The molecule has 0 fully saturated rings. The number of hydrogen-bond acceptors (Lipinski definition) is 3.